The summed E-state index contributed by atoms with van der Waals surface area (Å²) in [4.78, 5) is 0. The molecule has 0 saturated heterocycles. The third kappa shape index (κ3) is 3.32. The molecule has 1 aromatic rings. The summed E-state index contributed by atoms with van der Waals surface area (Å²) in [6.45, 7) is 8.03. The molecule has 1 N–H and O–H groups in total. The average Bonchev–Trinajstić information content (AvgIpc) is 2.52. The highest BCUT2D eigenvalue weighted by Crippen LogP contribution is 2.01. The third-order valence-corrected chi connectivity index (χ3v) is 1.76. The molecule has 1 aromatic heterocycles. The summed E-state index contributed by atoms with van der Waals surface area (Å²) < 4.78 is 1.91. The lowest BCUT2D eigenvalue weighted by atomic mass is 10.3. The summed E-state index contributed by atoms with van der Waals surface area (Å²) in [6, 6.07) is 1.99. The van der Waals surface area contributed by atoms with Gasteiger partial charge in [0.05, 0.1) is 0 Å². The monoisotopic (exact) mass is 179 g/mol. The Morgan fingerprint density at radius 2 is 2.38 bits per heavy atom. The zero-order valence-electron chi connectivity index (χ0n) is 8.54. The average molecular weight is 179 g/mol. The van der Waals surface area contributed by atoms with Gasteiger partial charge in [-0.15, -0.1) is 0 Å². The molecule has 0 fully saturated rings. The highest BCUT2D eigenvalue weighted by Gasteiger charge is 1.93. The molecule has 0 radical (unpaired) electrons. The molecule has 0 aromatic carbocycles. The van der Waals surface area contributed by atoms with Gasteiger partial charge in [-0.1, -0.05) is 11.6 Å². The van der Waals surface area contributed by atoms with Gasteiger partial charge < -0.3 is 5.32 Å². The van der Waals surface area contributed by atoms with Crippen molar-refractivity contribution in [2.24, 2.45) is 0 Å². The molecular weight excluding hydrogens is 162 g/mol. The van der Waals surface area contributed by atoms with E-state index in [1.807, 2.05) is 16.9 Å². The number of aromatic nitrogens is 2. The van der Waals surface area contributed by atoms with Crippen LogP contribution in [0.1, 0.15) is 20.8 Å². The number of rotatable bonds is 4. The minimum absolute atomic E-state index is 0.850. The van der Waals surface area contributed by atoms with Gasteiger partial charge in [-0.05, 0) is 20.8 Å². The molecule has 0 amide bonds. The van der Waals surface area contributed by atoms with Gasteiger partial charge in [0, 0.05) is 25.4 Å². The van der Waals surface area contributed by atoms with E-state index in [-0.39, 0.29) is 0 Å². The van der Waals surface area contributed by atoms with E-state index >= 15 is 0 Å². The smallest absolute Gasteiger partial charge is 0.148 e. The van der Waals surface area contributed by atoms with E-state index in [0.717, 1.165) is 18.9 Å². The van der Waals surface area contributed by atoms with Crippen LogP contribution >= 0.6 is 0 Å². The molecule has 0 bridgehead atoms. The van der Waals surface area contributed by atoms with Gasteiger partial charge in [0.15, 0.2) is 0 Å². The molecule has 0 aliphatic heterocycles. The number of allylic oxidation sites excluding steroid dienone is 1. The Balaban J connectivity index is 2.41. The second-order valence-electron chi connectivity index (χ2n) is 3.22. The van der Waals surface area contributed by atoms with Gasteiger partial charge in [0.25, 0.3) is 0 Å². The van der Waals surface area contributed by atoms with Crippen LogP contribution in [0.4, 0.5) is 5.82 Å². The van der Waals surface area contributed by atoms with Gasteiger partial charge in [0.2, 0.25) is 0 Å². The zero-order chi connectivity index (χ0) is 9.68. The van der Waals surface area contributed by atoms with Crippen molar-refractivity contribution < 1.29 is 0 Å². The van der Waals surface area contributed by atoms with Crippen LogP contribution in [0.5, 0.6) is 0 Å². The van der Waals surface area contributed by atoms with E-state index in [4.69, 9.17) is 0 Å². The number of nitrogens with zero attached hydrogens (tertiary/aromatic N) is 2. The Morgan fingerprint density at radius 3 is 2.92 bits per heavy atom. The maximum atomic E-state index is 4.30. The Bertz CT molecular complexity index is 282. The molecule has 13 heavy (non-hydrogen) atoms. The van der Waals surface area contributed by atoms with Crippen LogP contribution < -0.4 is 5.32 Å². The van der Waals surface area contributed by atoms with Crippen molar-refractivity contribution in [2.75, 3.05) is 11.9 Å². The van der Waals surface area contributed by atoms with Crippen LogP contribution in [0.15, 0.2) is 23.9 Å². The first-order valence-corrected chi connectivity index (χ1v) is 4.63. The largest absolute Gasteiger partial charge is 0.365 e. The number of hydrogen-bond acceptors (Lipinski definition) is 2. The van der Waals surface area contributed by atoms with Crippen LogP contribution in [0.25, 0.3) is 0 Å². The normalized spacial score (nSPS) is 9.77. The van der Waals surface area contributed by atoms with E-state index in [1.165, 1.54) is 5.57 Å². The Kier molecular flexibility index (Phi) is 3.55. The molecule has 72 valence electrons. The highest BCUT2D eigenvalue weighted by molar-refractivity contribution is 5.33. The van der Waals surface area contributed by atoms with E-state index in [9.17, 15) is 0 Å². The SMILES string of the molecule is CCn1ccc(NCC=C(C)C)n1. The second kappa shape index (κ2) is 4.70. The lowest BCUT2D eigenvalue weighted by Crippen LogP contribution is -2.01. The summed E-state index contributed by atoms with van der Waals surface area (Å²) in [6.07, 6.45) is 4.12. The van der Waals surface area contributed by atoms with Crippen molar-refractivity contribution in [3.05, 3.63) is 23.9 Å². The van der Waals surface area contributed by atoms with Gasteiger partial charge >= 0.3 is 0 Å². The Hall–Kier alpha value is -1.25. The summed E-state index contributed by atoms with van der Waals surface area (Å²) in [5.74, 6) is 0.944. The van der Waals surface area contributed by atoms with Crippen molar-refractivity contribution in [1.82, 2.24) is 9.78 Å². The van der Waals surface area contributed by atoms with E-state index < -0.39 is 0 Å². The summed E-state index contributed by atoms with van der Waals surface area (Å²) in [5.41, 5.74) is 1.32. The number of nitrogens with one attached hydrogen (secondary N) is 1. The summed E-state index contributed by atoms with van der Waals surface area (Å²) in [5, 5.41) is 7.52. The molecule has 1 rings (SSSR count). The maximum Gasteiger partial charge on any atom is 0.148 e. The Morgan fingerprint density at radius 1 is 1.62 bits per heavy atom. The number of anilines is 1. The molecule has 0 atom stereocenters. The molecule has 0 aliphatic rings. The first-order valence-electron chi connectivity index (χ1n) is 4.63. The first kappa shape index (κ1) is 9.84. The van der Waals surface area contributed by atoms with Gasteiger partial charge in [-0.3, -0.25) is 4.68 Å². The van der Waals surface area contributed by atoms with Crippen LogP contribution in [0.3, 0.4) is 0 Å². The fraction of sp³-hybridized carbons (Fsp3) is 0.500. The molecule has 3 heteroatoms. The number of aryl methyl sites for hydroxylation is 1. The molecular formula is C10H17N3. The molecule has 0 saturated carbocycles. The summed E-state index contributed by atoms with van der Waals surface area (Å²) in [7, 11) is 0. The topological polar surface area (TPSA) is 29.9 Å². The molecule has 0 unspecified atom stereocenters. The van der Waals surface area contributed by atoms with Gasteiger partial charge in [-0.2, -0.15) is 5.10 Å². The predicted molar refractivity (Wildman–Crippen MR) is 55.8 cm³/mol. The minimum Gasteiger partial charge on any atom is -0.365 e. The highest BCUT2D eigenvalue weighted by atomic mass is 15.3. The fourth-order valence-electron chi connectivity index (χ4n) is 0.992. The Labute approximate surface area is 79.5 Å². The zero-order valence-corrected chi connectivity index (χ0v) is 8.54. The quantitative estimate of drug-likeness (QED) is 0.719. The van der Waals surface area contributed by atoms with Crippen molar-refractivity contribution in [3.8, 4) is 0 Å². The fourth-order valence-corrected chi connectivity index (χ4v) is 0.992. The summed E-state index contributed by atoms with van der Waals surface area (Å²) >= 11 is 0. The van der Waals surface area contributed by atoms with E-state index in [0.29, 0.717) is 0 Å². The second-order valence-corrected chi connectivity index (χ2v) is 3.22. The third-order valence-electron chi connectivity index (χ3n) is 1.76. The van der Waals surface area contributed by atoms with Crippen molar-refractivity contribution >= 4 is 5.82 Å². The lowest BCUT2D eigenvalue weighted by Gasteiger charge is -1.98. The first-order chi connectivity index (χ1) is 6.22. The molecule has 3 nitrogen and oxygen atoms in total. The molecule has 0 spiro atoms. The van der Waals surface area contributed by atoms with E-state index in [1.54, 1.807) is 0 Å². The van der Waals surface area contributed by atoms with Crippen molar-refractivity contribution in [3.63, 3.8) is 0 Å². The van der Waals surface area contributed by atoms with Crippen LogP contribution in [0, 0.1) is 0 Å². The van der Waals surface area contributed by atoms with Crippen molar-refractivity contribution in [1.29, 1.82) is 0 Å². The van der Waals surface area contributed by atoms with Crippen LogP contribution in [-0.4, -0.2) is 16.3 Å². The van der Waals surface area contributed by atoms with Gasteiger partial charge in [0.1, 0.15) is 5.82 Å². The molecule has 1 heterocycles. The van der Waals surface area contributed by atoms with Gasteiger partial charge in [-0.25, -0.2) is 0 Å². The standard InChI is InChI=1S/C10H17N3/c1-4-13-8-6-10(12-13)11-7-5-9(2)3/h5-6,8H,4,7H2,1-3H3,(H,11,12). The minimum atomic E-state index is 0.850. The van der Waals surface area contributed by atoms with Crippen LogP contribution in [0.2, 0.25) is 0 Å². The molecule has 0 aliphatic carbocycles. The van der Waals surface area contributed by atoms with Crippen LogP contribution in [-0.2, 0) is 6.54 Å². The maximum absolute atomic E-state index is 4.30. The number of hydrogen-bond donors (Lipinski definition) is 1. The predicted octanol–water partition coefficient (Wildman–Crippen LogP) is 2.28. The van der Waals surface area contributed by atoms with E-state index in [2.05, 4.69) is 37.3 Å². The van der Waals surface area contributed by atoms with Crippen molar-refractivity contribution in [2.45, 2.75) is 27.3 Å². The lowest BCUT2D eigenvalue weighted by molar-refractivity contribution is 0.662.